The fourth-order valence-electron chi connectivity index (χ4n) is 0.694. The molecule has 0 saturated heterocycles. The molecule has 0 aliphatic rings. The van der Waals surface area contributed by atoms with Gasteiger partial charge in [-0.05, 0) is 0 Å². The smallest absolute Gasteiger partial charge is 0.337 e. The number of carboxylic acid groups (broad SMARTS) is 1. The molecular formula is C8H6O2S2. The minimum Gasteiger partial charge on any atom is -0.478 e. The highest BCUT2D eigenvalue weighted by Gasteiger charge is 2.07. The number of carboxylic acids is 1. The predicted molar refractivity (Wildman–Crippen MR) is 52.0 cm³/mol. The third-order valence-corrected chi connectivity index (χ3v) is 2.10. The number of hydrogen-bond acceptors (Lipinski definition) is 3. The average molecular weight is 198 g/mol. The lowest BCUT2D eigenvalue weighted by Gasteiger charge is -1.87. The summed E-state index contributed by atoms with van der Waals surface area (Å²) in [6, 6.07) is 0. The molecule has 0 aliphatic heterocycles. The average Bonchev–Trinajstić information content (AvgIpc) is 2.48. The molecule has 0 spiro atoms. The van der Waals surface area contributed by atoms with Crippen LogP contribution in [0.2, 0.25) is 0 Å². The summed E-state index contributed by atoms with van der Waals surface area (Å²) in [7, 11) is 0. The van der Waals surface area contributed by atoms with Crippen LogP contribution in [0.3, 0.4) is 0 Å². The fourth-order valence-corrected chi connectivity index (χ4v) is 1.53. The van der Waals surface area contributed by atoms with E-state index in [2.05, 4.69) is 24.5 Å². The summed E-state index contributed by atoms with van der Waals surface area (Å²) in [5.74, 6) is 4.94. The van der Waals surface area contributed by atoms with Crippen LogP contribution in [0.15, 0.2) is 10.8 Å². The number of hydrogen-bond donors (Lipinski definition) is 2. The van der Waals surface area contributed by atoms with Crippen molar-refractivity contribution < 1.29 is 9.90 Å². The molecule has 12 heavy (non-hydrogen) atoms. The van der Waals surface area contributed by atoms with Gasteiger partial charge in [0.2, 0.25) is 0 Å². The molecule has 0 aliphatic carbocycles. The second-order valence-electron chi connectivity index (χ2n) is 1.96. The van der Waals surface area contributed by atoms with Gasteiger partial charge in [-0.1, -0.05) is 11.8 Å². The topological polar surface area (TPSA) is 37.3 Å². The van der Waals surface area contributed by atoms with E-state index >= 15 is 0 Å². The number of rotatable bonds is 1. The predicted octanol–water partition coefficient (Wildman–Crippen LogP) is 1.73. The van der Waals surface area contributed by atoms with Crippen molar-refractivity contribution in [2.75, 3.05) is 5.75 Å². The Morgan fingerprint density at radius 2 is 2.42 bits per heavy atom. The second kappa shape index (κ2) is 4.19. The first-order chi connectivity index (χ1) is 5.75. The van der Waals surface area contributed by atoms with Gasteiger partial charge in [-0.2, -0.15) is 24.0 Å². The molecule has 0 aromatic carbocycles. The Morgan fingerprint density at radius 1 is 1.67 bits per heavy atom. The Labute approximate surface area is 79.6 Å². The summed E-state index contributed by atoms with van der Waals surface area (Å²) >= 11 is 5.24. The van der Waals surface area contributed by atoms with Crippen molar-refractivity contribution in [3.05, 3.63) is 21.9 Å². The standard InChI is InChI=1S/C8H6O2S2/c9-8(10)7-5-12-4-6(7)2-1-3-11/h4-5,11H,3H2,(H,9,10). The molecule has 0 radical (unpaired) electrons. The van der Waals surface area contributed by atoms with Crippen molar-refractivity contribution >= 4 is 29.9 Å². The van der Waals surface area contributed by atoms with E-state index in [0.717, 1.165) is 0 Å². The molecule has 62 valence electrons. The minimum absolute atomic E-state index is 0.272. The molecule has 4 heteroatoms. The monoisotopic (exact) mass is 198 g/mol. The molecule has 1 N–H and O–H groups in total. The summed E-state index contributed by atoms with van der Waals surface area (Å²) in [5, 5.41) is 12.0. The maximum Gasteiger partial charge on any atom is 0.337 e. The van der Waals surface area contributed by atoms with Crippen LogP contribution in [0.4, 0.5) is 0 Å². The molecule has 0 fully saturated rings. The summed E-state index contributed by atoms with van der Waals surface area (Å²) in [4.78, 5) is 10.6. The summed E-state index contributed by atoms with van der Waals surface area (Å²) < 4.78 is 0. The first-order valence-corrected chi connectivity index (χ1v) is 4.72. The first kappa shape index (κ1) is 9.17. The van der Waals surface area contributed by atoms with Crippen LogP contribution in [-0.2, 0) is 0 Å². The van der Waals surface area contributed by atoms with E-state index in [0.29, 0.717) is 11.3 Å². The van der Waals surface area contributed by atoms with E-state index in [1.165, 1.54) is 11.3 Å². The molecule has 0 amide bonds. The van der Waals surface area contributed by atoms with Gasteiger partial charge < -0.3 is 5.11 Å². The lowest BCUT2D eigenvalue weighted by atomic mass is 10.2. The number of carbonyl (C=O) groups is 1. The van der Waals surface area contributed by atoms with Crippen LogP contribution in [0, 0.1) is 11.8 Å². The van der Waals surface area contributed by atoms with Crippen LogP contribution < -0.4 is 0 Å². The van der Waals surface area contributed by atoms with Crippen molar-refractivity contribution in [3.63, 3.8) is 0 Å². The van der Waals surface area contributed by atoms with Gasteiger partial charge in [0.15, 0.2) is 0 Å². The van der Waals surface area contributed by atoms with E-state index in [9.17, 15) is 4.79 Å². The van der Waals surface area contributed by atoms with E-state index in [-0.39, 0.29) is 5.56 Å². The number of thiol groups is 1. The lowest BCUT2D eigenvalue weighted by Crippen LogP contribution is -1.95. The zero-order valence-corrected chi connectivity index (χ0v) is 7.78. The van der Waals surface area contributed by atoms with Gasteiger partial charge in [0.25, 0.3) is 0 Å². The third-order valence-electron chi connectivity index (χ3n) is 1.19. The zero-order chi connectivity index (χ0) is 8.97. The third kappa shape index (κ3) is 2.03. The molecule has 1 rings (SSSR count). The van der Waals surface area contributed by atoms with Crippen molar-refractivity contribution in [2.45, 2.75) is 0 Å². The largest absolute Gasteiger partial charge is 0.478 e. The van der Waals surface area contributed by atoms with Crippen LogP contribution in [-0.4, -0.2) is 16.8 Å². The van der Waals surface area contributed by atoms with E-state index in [1.54, 1.807) is 10.8 Å². The highest BCUT2D eigenvalue weighted by molar-refractivity contribution is 7.80. The van der Waals surface area contributed by atoms with Gasteiger partial charge in [-0.3, -0.25) is 0 Å². The van der Waals surface area contributed by atoms with E-state index in [1.807, 2.05) is 0 Å². The Balaban J connectivity index is 2.99. The molecule has 1 aromatic rings. The van der Waals surface area contributed by atoms with Gasteiger partial charge in [0.05, 0.1) is 11.3 Å². The molecular weight excluding hydrogens is 192 g/mol. The normalized spacial score (nSPS) is 8.75. The van der Waals surface area contributed by atoms with Crippen LogP contribution >= 0.6 is 24.0 Å². The second-order valence-corrected chi connectivity index (χ2v) is 3.02. The Kier molecular flexibility index (Phi) is 3.20. The van der Waals surface area contributed by atoms with Crippen LogP contribution in [0.1, 0.15) is 15.9 Å². The molecule has 1 aromatic heterocycles. The lowest BCUT2D eigenvalue weighted by molar-refractivity contribution is 0.0697. The fraction of sp³-hybridized carbons (Fsp3) is 0.125. The Morgan fingerprint density at radius 3 is 3.00 bits per heavy atom. The number of aromatic carboxylic acids is 1. The van der Waals surface area contributed by atoms with Gasteiger partial charge in [0.1, 0.15) is 0 Å². The van der Waals surface area contributed by atoms with Gasteiger partial charge in [-0.15, -0.1) is 0 Å². The number of thiophene rings is 1. The molecule has 0 atom stereocenters. The SMILES string of the molecule is O=C(O)c1cscc1C#CCS. The maximum absolute atomic E-state index is 10.6. The Bertz CT molecular complexity index is 343. The van der Waals surface area contributed by atoms with Gasteiger partial charge in [-0.25, -0.2) is 4.79 Å². The highest BCUT2D eigenvalue weighted by atomic mass is 32.1. The molecule has 0 bridgehead atoms. The Hall–Kier alpha value is -0.920. The molecule has 0 unspecified atom stereocenters. The zero-order valence-electron chi connectivity index (χ0n) is 6.07. The van der Waals surface area contributed by atoms with Gasteiger partial charge >= 0.3 is 5.97 Å². The first-order valence-electron chi connectivity index (χ1n) is 3.15. The molecule has 2 nitrogen and oxygen atoms in total. The quantitative estimate of drug-likeness (QED) is 0.532. The summed E-state index contributed by atoms with van der Waals surface area (Å²) in [6.07, 6.45) is 0. The van der Waals surface area contributed by atoms with Crippen molar-refractivity contribution in [2.24, 2.45) is 0 Å². The van der Waals surface area contributed by atoms with Crippen molar-refractivity contribution in [1.82, 2.24) is 0 Å². The van der Waals surface area contributed by atoms with Crippen molar-refractivity contribution in [3.8, 4) is 11.8 Å². The van der Waals surface area contributed by atoms with Crippen molar-refractivity contribution in [1.29, 1.82) is 0 Å². The summed E-state index contributed by atoms with van der Waals surface area (Å²) in [6.45, 7) is 0. The molecule has 1 heterocycles. The van der Waals surface area contributed by atoms with Crippen LogP contribution in [0.25, 0.3) is 0 Å². The van der Waals surface area contributed by atoms with E-state index < -0.39 is 5.97 Å². The van der Waals surface area contributed by atoms with Crippen LogP contribution in [0.5, 0.6) is 0 Å². The van der Waals surface area contributed by atoms with E-state index in [4.69, 9.17) is 5.11 Å². The van der Waals surface area contributed by atoms with Gasteiger partial charge in [0, 0.05) is 16.3 Å². The minimum atomic E-state index is -0.931. The maximum atomic E-state index is 10.6. The highest BCUT2D eigenvalue weighted by Crippen LogP contribution is 2.13. The summed E-state index contributed by atoms with van der Waals surface area (Å²) in [5.41, 5.74) is 0.843. The molecule has 0 saturated carbocycles.